The van der Waals surface area contributed by atoms with Crippen molar-refractivity contribution in [3.05, 3.63) is 53.9 Å². The van der Waals surface area contributed by atoms with Crippen LogP contribution >= 0.6 is 11.8 Å². The lowest BCUT2D eigenvalue weighted by atomic mass is 10.2. The third kappa shape index (κ3) is 4.35. The number of nitrogens with zero attached hydrogens (tertiary/aromatic N) is 1. The molecular weight excluding hydrogens is 282 g/mol. The Labute approximate surface area is 128 Å². The molecule has 0 saturated heterocycles. The SMILES string of the molecule is CSc1cccc(NC(=O)c2ccc(C#CCN)cn2)c1. The van der Waals surface area contributed by atoms with Crippen molar-refractivity contribution in [2.45, 2.75) is 4.90 Å². The van der Waals surface area contributed by atoms with E-state index >= 15 is 0 Å². The molecule has 21 heavy (non-hydrogen) atoms. The van der Waals surface area contributed by atoms with E-state index in [9.17, 15) is 4.79 Å². The molecule has 5 heteroatoms. The van der Waals surface area contributed by atoms with Crippen LogP contribution in [-0.2, 0) is 0 Å². The molecule has 0 bridgehead atoms. The number of rotatable bonds is 3. The molecule has 4 nitrogen and oxygen atoms in total. The summed E-state index contributed by atoms with van der Waals surface area (Å²) in [6.45, 7) is 0.300. The second-order valence-corrected chi connectivity index (χ2v) is 5.00. The van der Waals surface area contributed by atoms with Crippen LogP contribution in [0.5, 0.6) is 0 Å². The monoisotopic (exact) mass is 297 g/mol. The number of anilines is 1. The molecule has 0 aliphatic carbocycles. The van der Waals surface area contributed by atoms with Gasteiger partial charge in [-0.25, -0.2) is 4.98 Å². The van der Waals surface area contributed by atoms with Gasteiger partial charge in [0.15, 0.2) is 0 Å². The van der Waals surface area contributed by atoms with Crippen LogP contribution in [0.2, 0.25) is 0 Å². The number of carbonyl (C=O) groups is 1. The molecule has 2 aromatic rings. The first kappa shape index (κ1) is 15.1. The molecule has 0 aliphatic rings. The Kier molecular flexibility index (Phi) is 5.38. The second kappa shape index (κ2) is 7.48. The maximum absolute atomic E-state index is 12.1. The summed E-state index contributed by atoms with van der Waals surface area (Å²) in [5.74, 6) is 5.36. The zero-order valence-electron chi connectivity index (χ0n) is 11.6. The Morgan fingerprint density at radius 2 is 2.24 bits per heavy atom. The number of carbonyl (C=O) groups excluding carboxylic acids is 1. The van der Waals surface area contributed by atoms with Crippen molar-refractivity contribution in [3.63, 3.8) is 0 Å². The van der Waals surface area contributed by atoms with E-state index in [-0.39, 0.29) is 5.91 Å². The van der Waals surface area contributed by atoms with Gasteiger partial charge in [-0.2, -0.15) is 0 Å². The Bertz CT molecular complexity index is 687. The largest absolute Gasteiger partial charge is 0.321 e. The number of nitrogens with two attached hydrogens (primary N) is 1. The topological polar surface area (TPSA) is 68.0 Å². The molecular formula is C16H15N3OS. The number of hydrogen-bond acceptors (Lipinski definition) is 4. The van der Waals surface area contributed by atoms with Crippen molar-refractivity contribution in [2.24, 2.45) is 5.73 Å². The maximum Gasteiger partial charge on any atom is 0.274 e. The predicted molar refractivity (Wildman–Crippen MR) is 86.3 cm³/mol. The van der Waals surface area contributed by atoms with Crippen molar-refractivity contribution < 1.29 is 4.79 Å². The molecule has 0 spiro atoms. The molecule has 0 unspecified atom stereocenters. The van der Waals surface area contributed by atoms with E-state index in [0.717, 1.165) is 16.1 Å². The Morgan fingerprint density at radius 1 is 1.38 bits per heavy atom. The molecule has 1 aromatic carbocycles. The molecule has 1 aromatic heterocycles. The molecule has 2 rings (SSSR count). The molecule has 106 valence electrons. The van der Waals surface area contributed by atoms with Gasteiger partial charge in [-0.3, -0.25) is 4.79 Å². The van der Waals surface area contributed by atoms with Crippen LogP contribution < -0.4 is 11.1 Å². The zero-order valence-corrected chi connectivity index (χ0v) is 12.4. The van der Waals surface area contributed by atoms with Crippen LogP contribution in [-0.4, -0.2) is 23.7 Å². The van der Waals surface area contributed by atoms with E-state index in [1.165, 1.54) is 0 Å². The maximum atomic E-state index is 12.1. The van der Waals surface area contributed by atoms with Crippen LogP contribution in [0, 0.1) is 11.8 Å². The molecule has 0 saturated carbocycles. The number of nitrogens with one attached hydrogen (secondary N) is 1. The average molecular weight is 297 g/mol. The minimum atomic E-state index is -0.244. The number of amides is 1. The molecule has 0 fully saturated rings. The zero-order chi connectivity index (χ0) is 15.1. The number of benzene rings is 1. The van der Waals surface area contributed by atoms with E-state index in [1.807, 2.05) is 30.5 Å². The van der Waals surface area contributed by atoms with E-state index < -0.39 is 0 Å². The second-order valence-electron chi connectivity index (χ2n) is 4.12. The van der Waals surface area contributed by atoms with Crippen molar-refractivity contribution >= 4 is 23.4 Å². The van der Waals surface area contributed by atoms with Gasteiger partial charge < -0.3 is 11.1 Å². The van der Waals surface area contributed by atoms with Gasteiger partial charge in [0.1, 0.15) is 5.69 Å². The van der Waals surface area contributed by atoms with Crippen LogP contribution in [0.4, 0.5) is 5.69 Å². The summed E-state index contributed by atoms with van der Waals surface area (Å²) in [7, 11) is 0. The average Bonchev–Trinajstić information content (AvgIpc) is 2.53. The van der Waals surface area contributed by atoms with Crippen molar-refractivity contribution in [1.82, 2.24) is 4.98 Å². The highest BCUT2D eigenvalue weighted by Crippen LogP contribution is 2.19. The van der Waals surface area contributed by atoms with E-state index in [1.54, 1.807) is 30.1 Å². The molecule has 3 N–H and O–H groups in total. The van der Waals surface area contributed by atoms with Crippen LogP contribution in [0.3, 0.4) is 0 Å². The Balaban J connectivity index is 2.09. The minimum Gasteiger partial charge on any atom is -0.321 e. The van der Waals surface area contributed by atoms with Gasteiger partial charge in [-0.15, -0.1) is 11.8 Å². The fourth-order valence-electron chi connectivity index (χ4n) is 1.65. The van der Waals surface area contributed by atoms with Crippen molar-refractivity contribution in [2.75, 3.05) is 18.1 Å². The highest BCUT2D eigenvalue weighted by molar-refractivity contribution is 7.98. The number of thioether (sulfide) groups is 1. The van der Waals surface area contributed by atoms with Crippen LogP contribution in [0.1, 0.15) is 16.1 Å². The standard InChI is InChI=1S/C16H15N3OS/c1-21-14-6-2-5-13(10-14)19-16(20)15-8-7-12(11-18-15)4-3-9-17/h2,5-8,10-11H,9,17H2,1H3,(H,19,20). The Morgan fingerprint density at radius 3 is 2.90 bits per heavy atom. The van der Waals surface area contributed by atoms with Crippen LogP contribution in [0.25, 0.3) is 0 Å². The van der Waals surface area contributed by atoms with E-state index in [0.29, 0.717) is 12.2 Å². The molecule has 0 atom stereocenters. The first-order chi connectivity index (χ1) is 10.2. The first-order valence-electron chi connectivity index (χ1n) is 6.33. The van der Waals surface area contributed by atoms with Gasteiger partial charge in [-0.1, -0.05) is 17.9 Å². The number of aromatic nitrogens is 1. The van der Waals surface area contributed by atoms with Gasteiger partial charge in [0.25, 0.3) is 5.91 Å². The summed E-state index contributed by atoms with van der Waals surface area (Å²) in [5.41, 5.74) is 7.14. The lowest BCUT2D eigenvalue weighted by Crippen LogP contribution is -2.13. The fourth-order valence-corrected chi connectivity index (χ4v) is 2.11. The Hall–Kier alpha value is -2.29. The summed E-state index contributed by atoms with van der Waals surface area (Å²) in [4.78, 5) is 17.3. The lowest BCUT2D eigenvalue weighted by Gasteiger charge is -2.06. The highest BCUT2D eigenvalue weighted by Gasteiger charge is 2.07. The van der Waals surface area contributed by atoms with Gasteiger partial charge in [-0.05, 0) is 36.6 Å². The summed E-state index contributed by atoms with van der Waals surface area (Å²) < 4.78 is 0. The molecule has 0 aliphatic heterocycles. The first-order valence-corrected chi connectivity index (χ1v) is 7.56. The minimum absolute atomic E-state index is 0.244. The summed E-state index contributed by atoms with van der Waals surface area (Å²) in [6, 6.07) is 11.1. The number of pyridine rings is 1. The van der Waals surface area contributed by atoms with Crippen LogP contribution in [0.15, 0.2) is 47.5 Å². The third-order valence-corrected chi connectivity index (χ3v) is 3.38. The lowest BCUT2D eigenvalue weighted by molar-refractivity contribution is 0.102. The predicted octanol–water partition coefficient (Wildman–Crippen LogP) is 2.37. The van der Waals surface area contributed by atoms with Crippen molar-refractivity contribution in [1.29, 1.82) is 0 Å². The summed E-state index contributed by atoms with van der Waals surface area (Å²) >= 11 is 1.62. The third-order valence-electron chi connectivity index (χ3n) is 2.66. The van der Waals surface area contributed by atoms with Gasteiger partial charge in [0, 0.05) is 22.3 Å². The summed E-state index contributed by atoms with van der Waals surface area (Å²) in [5, 5.41) is 2.82. The number of hydrogen-bond donors (Lipinski definition) is 2. The van der Waals surface area contributed by atoms with Gasteiger partial charge in [0.2, 0.25) is 0 Å². The molecule has 1 amide bonds. The van der Waals surface area contributed by atoms with E-state index in [4.69, 9.17) is 5.73 Å². The molecule has 0 radical (unpaired) electrons. The molecule has 1 heterocycles. The normalized spacial score (nSPS) is 9.62. The fraction of sp³-hybridized carbons (Fsp3) is 0.125. The quantitative estimate of drug-likeness (QED) is 0.674. The highest BCUT2D eigenvalue weighted by atomic mass is 32.2. The summed E-state index contributed by atoms with van der Waals surface area (Å²) in [6.07, 6.45) is 3.56. The smallest absolute Gasteiger partial charge is 0.274 e. The van der Waals surface area contributed by atoms with Gasteiger partial charge >= 0.3 is 0 Å². The van der Waals surface area contributed by atoms with E-state index in [2.05, 4.69) is 22.1 Å². The van der Waals surface area contributed by atoms with Gasteiger partial charge in [0.05, 0.1) is 6.54 Å². The van der Waals surface area contributed by atoms with Crippen molar-refractivity contribution in [3.8, 4) is 11.8 Å².